The molecule has 39 heavy (non-hydrogen) atoms. The van der Waals surface area contributed by atoms with Crippen LogP contribution in [0, 0.1) is 5.82 Å². The number of hydrogen-bond acceptors (Lipinski definition) is 7. The zero-order valence-electron chi connectivity index (χ0n) is 20.1. The summed E-state index contributed by atoms with van der Waals surface area (Å²) >= 11 is 0. The topological polar surface area (TPSA) is 111 Å². The van der Waals surface area contributed by atoms with Gasteiger partial charge in [0.1, 0.15) is 11.2 Å². The van der Waals surface area contributed by atoms with Crippen LogP contribution in [0.2, 0.25) is 0 Å². The van der Waals surface area contributed by atoms with Crippen LogP contribution < -0.4 is 10.6 Å². The molecule has 5 rings (SSSR count). The van der Waals surface area contributed by atoms with Crippen LogP contribution in [0.15, 0.2) is 47.4 Å². The van der Waals surface area contributed by atoms with Gasteiger partial charge in [0.15, 0.2) is 17.3 Å². The lowest BCUT2D eigenvalue weighted by Crippen LogP contribution is -2.28. The van der Waals surface area contributed by atoms with E-state index in [1.54, 1.807) is 0 Å². The highest BCUT2D eigenvalue weighted by atomic mass is 19.4. The van der Waals surface area contributed by atoms with Crippen molar-refractivity contribution in [3.63, 3.8) is 0 Å². The maximum atomic E-state index is 14.8. The van der Waals surface area contributed by atoms with Gasteiger partial charge in [-0.15, -0.1) is 0 Å². The number of aromatic nitrogens is 5. The third kappa shape index (κ3) is 5.28. The van der Waals surface area contributed by atoms with Crippen LogP contribution in [-0.2, 0) is 23.7 Å². The van der Waals surface area contributed by atoms with E-state index in [9.17, 15) is 31.1 Å². The molecule has 1 amide bonds. The number of nitrogens with one attached hydrogen (secondary N) is 2. The third-order valence-corrected chi connectivity index (χ3v) is 6.24. The fourth-order valence-corrected chi connectivity index (χ4v) is 4.01. The van der Waals surface area contributed by atoms with Gasteiger partial charge >= 0.3 is 6.18 Å². The first-order valence-electron chi connectivity index (χ1n) is 11.5. The number of amides is 1. The number of hydrogen-bond donors (Lipinski definition) is 2. The highest BCUT2D eigenvalue weighted by Crippen LogP contribution is 2.59. The Morgan fingerprint density at radius 2 is 1.87 bits per heavy atom. The zero-order valence-corrected chi connectivity index (χ0v) is 20.1. The van der Waals surface area contributed by atoms with Crippen molar-refractivity contribution in [2.75, 3.05) is 10.6 Å². The van der Waals surface area contributed by atoms with Gasteiger partial charge in [-0.2, -0.15) is 18.3 Å². The second kappa shape index (κ2) is 9.71. The molecule has 1 aliphatic carbocycles. The molecule has 1 fully saturated rings. The Hall–Kier alpha value is -4.43. The molecule has 0 spiro atoms. The summed E-state index contributed by atoms with van der Waals surface area (Å²) in [6, 6.07) is 5.09. The number of benzene rings is 1. The van der Waals surface area contributed by atoms with Crippen molar-refractivity contribution in [1.29, 1.82) is 0 Å². The molecule has 0 radical (unpaired) electrons. The first kappa shape index (κ1) is 26.2. The first-order chi connectivity index (χ1) is 18.4. The lowest BCUT2D eigenvalue weighted by molar-refractivity contribution is -0.165. The van der Waals surface area contributed by atoms with Crippen molar-refractivity contribution in [3.8, 4) is 11.1 Å². The number of carbonyl (C=O) groups is 1. The van der Waals surface area contributed by atoms with Crippen LogP contribution >= 0.6 is 0 Å². The Morgan fingerprint density at radius 3 is 2.49 bits per heavy atom. The van der Waals surface area contributed by atoms with E-state index in [0.29, 0.717) is 11.1 Å². The van der Waals surface area contributed by atoms with E-state index in [1.165, 1.54) is 48.5 Å². The molecule has 9 nitrogen and oxygen atoms in total. The maximum Gasteiger partial charge on any atom is 0.401 e. The fraction of sp³-hybridized carbons (Fsp3) is 0.292. The maximum absolute atomic E-state index is 14.8. The molecule has 0 unspecified atom stereocenters. The van der Waals surface area contributed by atoms with Gasteiger partial charge in [0, 0.05) is 37.3 Å². The summed E-state index contributed by atoms with van der Waals surface area (Å²) in [4.78, 5) is 20.5. The normalized spacial score (nSPS) is 14.5. The van der Waals surface area contributed by atoms with Crippen LogP contribution in [0.4, 0.5) is 43.8 Å². The van der Waals surface area contributed by atoms with Gasteiger partial charge in [-0.1, -0.05) is 17.3 Å². The van der Waals surface area contributed by atoms with Crippen molar-refractivity contribution in [1.82, 2.24) is 24.9 Å². The number of halogens is 6. The predicted octanol–water partition coefficient (Wildman–Crippen LogP) is 5.46. The summed E-state index contributed by atoms with van der Waals surface area (Å²) in [6.07, 6.45) is -3.84. The van der Waals surface area contributed by atoms with Crippen LogP contribution in [-0.4, -0.2) is 37.0 Å². The van der Waals surface area contributed by atoms with E-state index in [-0.39, 0.29) is 41.6 Å². The van der Waals surface area contributed by atoms with Crippen molar-refractivity contribution < 1.29 is 35.7 Å². The standard InChI is InChI=1S/C24H19F6N7O2/c1-37-11-16(20(35-37)21(26)27)33-22-31-9-14(10-32-22)12-2-3-13(15(25)6-12)7-19(38)34-18-8-17(39-36-18)23(4-5-23)24(28,29)30/h2-3,6,8-11,21H,4-5,7H2,1H3,(H,31,32,33)(H,34,36,38). The van der Waals surface area contributed by atoms with E-state index >= 15 is 0 Å². The van der Waals surface area contributed by atoms with Gasteiger partial charge in [0.05, 0.1) is 12.1 Å². The Kier molecular flexibility index (Phi) is 6.52. The molecule has 15 heteroatoms. The lowest BCUT2D eigenvalue weighted by atomic mass is 10.0. The van der Waals surface area contributed by atoms with Crippen molar-refractivity contribution in [3.05, 3.63) is 65.7 Å². The van der Waals surface area contributed by atoms with E-state index in [2.05, 4.69) is 30.9 Å². The SMILES string of the molecule is Cn1cc(Nc2ncc(-c3ccc(CC(=O)Nc4cc(C5(C(F)(F)F)CC5)on4)c(F)c3)cn2)c(C(F)F)n1. The molecule has 1 saturated carbocycles. The number of rotatable bonds is 8. The Labute approximate surface area is 216 Å². The van der Waals surface area contributed by atoms with Gasteiger partial charge in [-0.3, -0.25) is 9.48 Å². The van der Waals surface area contributed by atoms with Crippen LogP contribution in [0.1, 0.15) is 36.3 Å². The molecule has 0 aliphatic heterocycles. The lowest BCUT2D eigenvalue weighted by Gasteiger charge is -2.14. The minimum atomic E-state index is -4.49. The Balaban J connectivity index is 1.22. The van der Waals surface area contributed by atoms with Gasteiger partial charge < -0.3 is 15.2 Å². The Morgan fingerprint density at radius 1 is 1.15 bits per heavy atom. The summed E-state index contributed by atoms with van der Waals surface area (Å²) in [6.45, 7) is 0. The second-order valence-electron chi connectivity index (χ2n) is 9.01. The fourth-order valence-electron chi connectivity index (χ4n) is 4.01. The summed E-state index contributed by atoms with van der Waals surface area (Å²) < 4.78 is 86.7. The average molecular weight is 551 g/mol. The van der Waals surface area contributed by atoms with E-state index in [0.717, 1.165) is 6.07 Å². The van der Waals surface area contributed by atoms with Gasteiger partial charge in [0.25, 0.3) is 6.43 Å². The summed E-state index contributed by atoms with van der Waals surface area (Å²) in [5.74, 6) is -1.95. The molecule has 1 aromatic carbocycles. The van der Waals surface area contributed by atoms with Crippen LogP contribution in [0.5, 0.6) is 0 Å². The highest BCUT2D eigenvalue weighted by Gasteiger charge is 2.66. The largest absolute Gasteiger partial charge is 0.401 e. The smallest absolute Gasteiger partial charge is 0.358 e. The number of aryl methyl sites for hydroxylation is 1. The van der Waals surface area contributed by atoms with Crippen molar-refractivity contribution in [2.45, 2.75) is 37.3 Å². The minimum absolute atomic E-state index is 0.0290. The van der Waals surface area contributed by atoms with Gasteiger partial charge in [-0.05, 0) is 30.0 Å². The first-order valence-corrected chi connectivity index (χ1v) is 11.5. The van der Waals surface area contributed by atoms with E-state index in [4.69, 9.17) is 4.52 Å². The zero-order chi connectivity index (χ0) is 27.9. The van der Waals surface area contributed by atoms with Crippen molar-refractivity contribution >= 4 is 23.4 Å². The van der Waals surface area contributed by atoms with Gasteiger partial charge in [-0.25, -0.2) is 23.1 Å². The van der Waals surface area contributed by atoms with E-state index in [1.807, 2.05) is 0 Å². The summed E-state index contributed by atoms with van der Waals surface area (Å²) in [7, 11) is 1.49. The van der Waals surface area contributed by atoms with Crippen molar-refractivity contribution in [2.24, 2.45) is 7.05 Å². The summed E-state index contributed by atoms with van der Waals surface area (Å²) in [5.41, 5.74) is -1.64. The predicted molar refractivity (Wildman–Crippen MR) is 125 cm³/mol. The number of anilines is 3. The van der Waals surface area contributed by atoms with Crippen LogP contribution in [0.3, 0.4) is 0 Å². The molecule has 0 saturated heterocycles. The molecular weight excluding hydrogens is 532 g/mol. The molecule has 3 aromatic heterocycles. The molecule has 3 heterocycles. The molecule has 1 aliphatic rings. The second-order valence-corrected chi connectivity index (χ2v) is 9.01. The number of alkyl halides is 5. The molecule has 0 bridgehead atoms. The van der Waals surface area contributed by atoms with E-state index < -0.39 is 41.9 Å². The quantitative estimate of drug-likeness (QED) is 0.280. The minimum Gasteiger partial charge on any atom is -0.358 e. The van der Waals surface area contributed by atoms with Crippen LogP contribution in [0.25, 0.3) is 11.1 Å². The number of nitrogens with zero attached hydrogens (tertiary/aromatic N) is 5. The summed E-state index contributed by atoms with van der Waals surface area (Å²) in [5, 5.41) is 12.1. The molecule has 4 aromatic rings. The monoisotopic (exact) mass is 551 g/mol. The molecule has 2 N–H and O–H groups in total. The highest BCUT2D eigenvalue weighted by molar-refractivity contribution is 5.91. The molecule has 0 atom stereocenters. The average Bonchev–Trinajstić information content (AvgIpc) is 3.44. The van der Waals surface area contributed by atoms with Gasteiger partial charge in [0.2, 0.25) is 11.9 Å². The Bertz CT molecular complexity index is 1510. The third-order valence-electron chi connectivity index (χ3n) is 6.24. The molecular formula is C24H19F6N7O2. The molecule has 204 valence electrons. The number of carbonyl (C=O) groups excluding carboxylic acids is 1.